The molecule has 1 aromatic heterocycles. The maximum atomic E-state index is 11.4. The highest BCUT2D eigenvalue weighted by Gasteiger charge is 2.23. The fourth-order valence-electron chi connectivity index (χ4n) is 1.57. The quantitative estimate of drug-likeness (QED) is 0.739. The van der Waals surface area contributed by atoms with E-state index in [-0.39, 0.29) is 18.2 Å². The third-order valence-electron chi connectivity index (χ3n) is 2.39. The van der Waals surface area contributed by atoms with Crippen molar-refractivity contribution in [1.82, 2.24) is 14.7 Å². The molecule has 0 radical (unpaired) electrons. The second-order valence-electron chi connectivity index (χ2n) is 5.46. The zero-order valence-electron chi connectivity index (χ0n) is 15.2. The maximum absolute atomic E-state index is 11.4. The van der Waals surface area contributed by atoms with Gasteiger partial charge in [0.2, 0.25) is 0 Å². The first-order chi connectivity index (χ1) is 10.8. The molecule has 0 atom stereocenters. The molecule has 7 nitrogen and oxygen atoms in total. The Labute approximate surface area is 139 Å². The van der Waals surface area contributed by atoms with Gasteiger partial charge in [0.1, 0.15) is 5.60 Å². The summed E-state index contributed by atoms with van der Waals surface area (Å²) in [4.78, 5) is 21.5. The zero-order valence-corrected chi connectivity index (χ0v) is 15.2. The number of likely N-dealkylation sites (tertiary alicyclic amines) is 1. The van der Waals surface area contributed by atoms with Gasteiger partial charge in [0.15, 0.2) is 0 Å². The second kappa shape index (κ2) is 13.6. The number of carbonyl (C=O) groups is 2. The van der Waals surface area contributed by atoms with Gasteiger partial charge in [-0.05, 0) is 39.7 Å². The molecule has 1 fully saturated rings. The van der Waals surface area contributed by atoms with E-state index in [9.17, 15) is 4.79 Å². The van der Waals surface area contributed by atoms with E-state index in [1.165, 1.54) is 0 Å². The Kier molecular flexibility index (Phi) is 13.7. The van der Waals surface area contributed by atoms with Crippen molar-refractivity contribution in [3.05, 3.63) is 18.5 Å². The van der Waals surface area contributed by atoms with Crippen LogP contribution in [0.1, 0.15) is 47.5 Å². The normalized spacial score (nSPS) is 12.5. The van der Waals surface area contributed by atoms with Crippen LogP contribution in [-0.4, -0.2) is 51.0 Å². The summed E-state index contributed by atoms with van der Waals surface area (Å²) < 4.78 is 6.96. The molecule has 0 spiro atoms. The summed E-state index contributed by atoms with van der Waals surface area (Å²) in [6.07, 6.45) is 5.69. The standard InChI is InChI=1S/C9H17NO2.C4H6N2.C2H6.CH2O2/c1-9(2,3)12-8(11)10-6-4-5-7-10;1-6-4-2-3-5-6;1-2;2-1-3/h4-7H2,1-3H3;2-4H,1H3;1-2H3;1H,(H,2,3). The molecule has 0 bridgehead atoms. The van der Waals surface area contributed by atoms with Crippen molar-refractivity contribution in [2.45, 2.75) is 53.1 Å². The van der Waals surface area contributed by atoms with Crippen LogP contribution >= 0.6 is 0 Å². The molecule has 2 rings (SSSR count). The second-order valence-corrected chi connectivity index (χ2v) is 5.46. The van der Waals surface area contributed by atoms with Crippen LogP contribution in [0.3, 0.4) is 0 Å². The Morgan fingerprint density at radius 3 is 2.00 bits per heavy atom. The molecule has 1 aliphatic heterocycles. The van der Waals surface area contributed by atoms with Gasteiger partial charge in [-0.1, -0.05) is 13.8 Å². The van der Waals surface area contributed by atoms with E-state index in [2.05, 4.69) is 5.10 Å². The highest BCUT2D eigenvalue weighted by atomic mass is 16.6. The van der Waals surface area contributed by atoms with Crippen molar-refractivity contribution in [3.8, 4) is 0 Å². The van der Waals surface area contributed by atoms with E-state index in [0.717, 1.165) is 25.9 Å². The average Bonchev–Trinajstić information content (AvgIpc) is 3.13. The summed E-state index contributed by atoms with van der Waals surface area (Å²) >= 11 is 0. The minimum Gasteiger partial charge on any atom is -0.483 e. The SMILES string of the molecule is CC.CC(C)(C)OC(=O)N1CCCC1.Cn1cccn1.O=CO. The van der Waals surface area contributed by atoms with Gasteiger partial charge in [0.05, 0.1) is 0 Å². The molecule has 7 heteroatoms. The number of rotatable bonds is 0. The Morgan fingerprint density at radius 1 is 1.26 bits per heavy atom. The molecule has 1 N–H and O–H groups in total. The molecule has 0 aliphatic carbocycles. The number of carboxylic acid groups (broad SMARTS) is 1. The molecular formula is C16H31N3O4. The lowest BCUT2D eigenvalue weighted by molar-refractivity contribution is -0.122. The fraction of sp³-hybridized carbons (Fsp3) is 0.688. The number of aromatic nitrogens is 2. The molecule has 23 heavy (non-hydrogen) atoms. The van der Waals surface area contributed by atoms with Crippen LogP contribution in [0.25, 0.3) is 0 Å². The van der Waals surface area contributed by atoms with E-state index in [0.29, 0.717) is 0 Å². The average molecular weight is 329 g/mol. The molecule has 1 saturated heterocycles. The third kappa shape index (κ3) is 14.6. The van der Waals surface area contributed by atoms with Gasteiger partial charge >= 0.3 is 6.09 Å². The summed E-state index contributed by atoms with van der Waals surface area (Å²) in [6, 6.07) is 1.89. The van der Waals surface area contributed by atoms with Crippen LogP contribution < -0.4 is 0 Å². The predicted octanol–water partition coefficient (Wildman–Crippen LogP) is 3.16. The summed E-state index contributed by atoms with van der Waals surface area (Å²) in [7, 11) is 1.89. The number of carbonyl (C=O) groups excluding carboxylic acids is 1. The summed E-state index contributed by atoms with van der Waals surface area (Å²) in [5, 5.41) is 10.7. The predicted molar refractivity (Wildman–Crippen MR) is 90.3 cm³/mol. The number of hydrogen-bond acceptors (Lipinski definition) is 4. The summed E-state index contributed by atoms with van der Waals surface area (Å²) in [6.45, 7) is 11.1. The molecule has 0 aromatic carbocycles. The summed E-state index contributed by atoms with van der Waals surface area (Å²) in [5.74, 6) is 0. The highest BCUT2D eigenvalue weighted by Crippen LogP contribution is 2.14. The first-order valence-electron chi connectivity index (χ1n) is 7.79. The van der Waals surface area contributed by atoms with E-state index in [1.807, 2.05) is 53.9 Å². The minimum absolute atomic E-state index is 0.167. The summed E-state index contributed by atoms with van der Waals surface area (Å²) in [5.41, 5.74) is -0.361. The van der Waals surface area contributed by atoms with Crippen LogP contribution in [0.2, 0.25) is 0 Å². The molecular weight excluding hydrogens is 298 g/mol. The molecule has 2 heterocycles. The van der Waals surface area contributed by atoms with Crippen molar-refractivity contribution in [1.29, 1.82) is 0 Å². The van der Waals surface area contributed by atoms with Crippen molar-refractivity contribution >= 4 is 12.6 Å². The Hall–Kier alpha value is -2.05. The lowest BCUT2D eigenvalue weighted by atomic mass is 10.2. The lowest BCUT2D eigenvalue weighted by Gasteiger charge is -2.23. The number of ether oxygens (including phenoxy) is 1. The first kappa shape index (κ1) is 23.2. The molecule has 1 aliphatic rings. The maximum Gasteiger partial charge on any atom is 0.410 e. The van der Waals surface area contributed by atoms with Crippen molar-refractivity contribution in [3.63, 3.8) is 0 Å². The monoisotopic (exact) mass is 329 g/mol. The number of aryl methyl sites for hydroxylation is 1. The van der Waals surface area contributed by atoms with Gasteiger partial charge in [0, 0.05) is 32.5 Å². The van der Waals surface area contributed by atoms with Crippen LogP contribution in [-0.2, 0) is 16.6 Å². The minimum atomic E-state index is -0.361. The molecule has 0 unspecified atom stereocenters. The molecule has 134 valence electrons. The van der Waals surface area contributed by atoms with Gasteiger partial charge in [-0.3, -0.25) is 9.48 Å². The Morgan fingerprint density at radius 2 is 1.74 bits per heavy atom. The molecule has 1 amide bonds. The van der Waals surface area contributed by atoms with Crippen molar-refractivity contribution < 1.29 is 19.4 Å². The molecule has 0 saturated carbocycles. The van der Waals surface area contributed by atoms with Gasteiger partial charge in [-0.15, -0.1) is 0 Å². The van der Waals surface area contributed by atoms with Crippen molar-refractivity contribution in [2.75, 3.05) is 13.1 Å². The van der Waals surface area contributed by atoms with Crippen LogP contribution in [0, 0.1) is 0 Å². The number of nitrogens with zero attached hydrogens (tertiary/aromatic N) is 3. The van der Waals surface area contributed by atoms with E-state index >= 15 is 0 Å². The van der Waals surface area contributed by atoms with E-state index in [1.54, 1.807) is 15.8 Å². The fourth-order valence-corrected chi connectivity index (χ4v) is 1.57. The number of amides is 1. The third-order valence-corrected chi connectivity index (χ3v) is 2.39. The van der Waals surface area contributed by atoms with E-state index in [4.69, 9.17) is 14.6 Å². The van der Waals surface area contributed by atoms with Crippen LogP contribution in [0.4, 0.5) is 4.79 Å². The zero-order chi connectivity index (χ0) is 18.3. The van der Waals surface area contributed by atoms with Gasteiger partial charge < -0.3 is 14.7 Å². The van der Waals surface area contributed by atoms with Crippen LogP contribution in [0.15, 0.2) is 18.5 Å². The number of hydrogen-bond donors (Lipinski definition) is 1. The first-order valence-corrected chi connectivity index (χ1v) is 7.79. The van der Waals surface area contributed by atoms with Crippen molar-refractivity contribution in [2.24, 2.45) is 7.05 Å². The Balaban J connectivity index is 0. The van der Waals surface area contributed by atoms with Crippen LogP contribution in [0.5, 0.6) is 0 Å². The largest absolute Gasteiger partial charge is 0.483 e. The van der Waals surface area contributed by atoms with Gasteiger partial charge in [-0.2, -0.15) is 5.10 Å². The topological polar surface area (TPSA) is 84.7 Å². The Bertz CT molecular complexity index is 394. The lowest BCUT2D eigenvalue weighted by Crippen LogP contribution is -2.34. The van der Waals surface area contributed by atoms with E-state index < -0.39 is 0 Å². The smallest absolute Gasteiger partial charge is 0.410 e. The van der Waals surface area contributed by atoms with Gasteiger partial charge in [-0.25, -0.2) is 4.79 Å². The highest BCUT2D eigenvalue weighted by molar-refractivity contribution is 5.68. The van der Waals surface area contributed by atoms with Gasteiger partial charge in [0.25, 0.3) is 6.47 Å². The molecule has 1 aromatic rings.